The highest BCUT2D eigenvalue weighted by Crippen LogP contribution is 2.34. The number of aromatic hydroxyl groups is 2. The van der Waals surface area contributed by atoms with Crippen molar-refractivity contribution in [1.82, 2.24) is 4.90 Å². The average molecular weight is 305 g/mol. The third kappa shape index (κ3) is 2.80. The van der Waals surface area contributed by atoms with Crippen LogP contribution in [-0.2, 0) is 11.3 Å². The number of phenolic OH excluding ortho intramolecular Hbond substituents is 2. The fraction of sp³-hybridized carbons (Fsp3) is 0.438. The summed E-state index contributed by atoms with van der Waals surface area (Å²) in [7, 11) is 0. The standard InChI is InChI=1S/C16H19NO5/c1-9-6-17(7-10(2)21-9)8-11-5-14(19)22-16-12(11)3-4-13(18)15(16)20/h3-5,9-10,18,20H,6-8H2,1-2H3/t9-,10+. The normalized spacial score (nSPS) is 23.0. The van der Waals surface area contributed by atoms with E-state index in [1.54, 1.807) is 6.07 Å². The van der Waals surface area contributed by atoms with E-state index >= 15 is 0 Å². The molecule has 2 heterocycles. The topological polar surface area (TPSA) is 83.1 Å². The largest absolute Gasteiger partial charge is 0.504 e. The van der Waals surface area contributed by atoms with Crippen LogP contribution in [0.15, 0.2) is 27.4 Å². The summed E-state index contributed by atoms with van der Waals surface area (Å²) in [4.78, 5) is 13.9. The number of morpholine rings is 1. The first-order valence-electron chi connectivity index (χ1n) is 7.29. The van der Waals surface area contributed by atoms with E-state index < -0.39 is 11.4 Å². The Balaban J connectivity index is 2.00. The van der Waals surface area contributed by atoms with Gasteiger partial charge in [0, 0.05) is 31.1 Å². The molecule has 0 radical (unpaired) electrons. The highest BCUT2D eigenvalue weighted by molar-refractivity contribution is 5.87. The van der Waals surface area contributed by atoms with Crippen molar-refractivity contribution in [1.29, 1.82) is 0 Å². The molecule has 1 aromatic carbocycles. The minimum Gasteiger partial charge on any atom is -0.504 e. The van der Waals surface area contributed by atoms with Crippen LogP contribution in [0.4, 0.5) is 0 Å². The molecule has 1 saturated heterocycles. The van der Waals surface area contributed by atoms with Gasteiger partial charge in [-0.25, -0.2) is 4.79 Å². The highest BCUT2D eigenvalue weighted by atomic mass is 16.5. The van der Waals surface area contributed by atoms with E-state index in [0.29, 0.717) is 11.9 Å². The second kappa shape index (κ2) is 5.62. The van der Waals surface area contributed by atoms with Gasteiger partial charge in [-0.1, -0.05) is 0 Å². The van der Waals surface area contributed by atoms with Crippen molar-refractivity contribution in [2.75, 3.05) is 13.1 Å². The Morgan fingerprint density at radius 2 is 1.91 bits per heavy atom. The van der Waals surface area contributed by atoms with Crippen LogP contribution in [0.25, 0.3) is 11.0 Å². The number of rotatable bonds is 2. The molecule has 118 valence electrons. The van der Waals surface area contributed by atoms with Gasteiger partial charge in [0.2, 0.25) is 5.75 Å². The number of ether oxygens (including phenoxy) is 1. The van der Waals surface area contributed by atoms with Crippen LogP contribution in [0.3, 0.4) is 0 Å². The van der Waals surface area contributed by atoms with Gasteiger partial charge in [0.1, 0.15) is 0 Å². The fourth-order valence-corrected chi connectivity index (χ4v) is 3.05. The number of benzene rings is 1. The Morgan fingerprint density at radius 1 is 1.23 bits per heavy atom. The quantitative estimate of drug-likeness (QED) is 0.650. The Bertz CT molecular complexity index is 744. The van der Waals surface area contributed by atoms with Gasteiger partial charge >= 0.3 is 5.63 Å². The van der Waals surface area contributed by atoms with Gasteiger partial charge in [0.25, 0.3) is 0 Å². The lowest BCUT2D eigenvalue weighted by atomic mass is 10.1. The van der Waals surface area contributed by atoms with E-state index in [9.17, 15) is 15.0 Å². The van der Waals surface area contributed by atoms with Crippen LogP contribution in [0.5, 0.6) is 11.5 Å². The molecule has 0 bridgehead atoms. The lowest BCUT2D eigenvalue weighted by Gasteiger charge is -2.35. The summed E-state index contributed by atoms with van der Waals surface area (Å²) in [5.41, 5.74) is 0.248. The smallest absolute Gasteiger partial charge is 0.336 e. The Morgan fingerprint density at radius 3 is 2.59 bits per heavy atom. The van der Waals surface area contributed by atoms with Gasteiger partial charge < -0.3 is 19.4 Å². The maximum Gasteiger partial charge on any atom is 0.336 e. The molecule has 6 nitrogen and oxygen atoms in total. The molecular formula is C16H19NO5. The van der Waals surface area contributed by atoms with Gasteiger partial charge in [-0.05, 0) is 31.5 Å². The molecule has 1 aliphatic heterocycles. The molecule has 0 unspecified atom stereocenters. The summed E-state index contributed by atoms with van der Waals surface area (Å²) >= 11 is 0. The van der Waals surface area contributed by atoms with Crippen LogP contribution < -0.4 is 5.63 Å². The first-order chi connectivity index (χ1) is 10.4. The summed E-state index contributed by atoms with van der Waals surface area (Å²) < 4.78 is 10.7. The average Bonchev–Trinajstić information content (AvgIpc) is 2.42. The van der Waals surface area contributed by atoms with Crippen molar-refractivity contribution in [2.24, 2.45) is 0 Å². The van der Waals surface area contributed by atoms with Gasteiger partial charge in [-0.2, -0.15) is 0 Å². The molecular weight excluding hydrogens is 286 g/mol. The maximum absolute atomic E-state index is 11.7. The van der Waals surface area contributed by atoms with E-state index in [2.05, 4.69) is 4.90 Å². The van der Waals surface area contributed by atoms with Crippen molar-refractivity contribution in [3.05, 3.63) is 34.2 Å². The number of hydrogen-bond acceptors (Lipinski definition) is 6. The van der Waals surface area contributed by atoms with Crippen LogP contribution in [-0.4, -0.2) is 40.4 Å². The molecule has 22 heavy (non-hydrogen) atoms. The van der Waals surface area contributed by atoms with Crippen LogP contribution in [0.1, 0.15) is 19.4 Å². The van der Waals surface area contributed by atoms with Crippen molar-refractivity contribution in [2.45, 2.75) is 32.6 Å². The lowest BCUT2D eigenvalue weighted by molar-refractivity contribution is -0.0704. The highest BCUT2D eigenvalue weighted by Gasteiger charge is 2.23. The third-order valence-electron chi connectivity index (χ3n) is 3.84. The molecule has 2 N–H and O–H groups in total. The van der Waals surface area contributed by atoms with Gasteiger partial charge in [0.15, 0.2) is 11.3 Å². The van der Waals surface area contributed by atoms with Crippen molar-refractivity contribution in [3.8, 4) is 11.5 Å². The van der Waals surface area contributed by atoms with E-state index in [1.807, 2.05) is 13.8 Å². The molecule has 0 spiro atoms. The van der Waals surface area contributed by atoms with Crippen molar-refractivity contribution >= 4 is 11.0 Å². The monoisotopic (exact) mass is 305 g/mol. The molecule has 2 aromatic rings. The zero-order chi connectivity index (χ0) is 15.9. The molecule has 2 atom stereocenters. The predicted molar refractivity (Wildman–Crippen MR) is 81.1 cm³/mol. The minimum absolute atomic E-state index is 0.0249. The molecule has 0 amide bonds. The number of fused-ring (bicyclic) bond motifs is 1. The van der Waals surface area contributed by atoms with E-state index in [-0.39, 0.29) is 23.5 Å². The van der Waals surface area contributed by atoms with Crippen LogP contribution in [0.2, 0.25) is 0 Å². The molecule has 0 aliphatic carbocycles. The van der Waals surface area contributed by atoms with Crippen molar-refractivity contribution in [3.63, 3.8) is 0 Å². The van der Waals surface area contributed by atoms with Crippen LogP contribution >= 0.6 is 0 Å². The summed E-state index contributed by atoms with van der Waals surface area (Å²) in [6.45, 7) is 6.14. The van der Waals surface area contributed by atoms with Crippen LogP contribution in [0, 0.1) is 0 Å². The zero-order valence-electron chi connectivity index (χ0n) is 12.6. The second-order valence-electron chi connectivity index (χ2n) is 5.85. The molecule has 3 rings (SSSR count). The molecule has 1 aliphatic rings. The predicted octanol–water partition coefficient (Wildman–Crippen LogP) is 1.81. The Kier molecular flexibility index (Phi) is 3.80. The van der Waals surface area contributed by atoms with Gasteiger partial charge in [-0.15, -0.1) is 0 Å². The second-order valence-corrected chi connectivity index (χ2v) is 5.85. The minimum atomic E-state index is -0.544. The maximum atomic E-state index is 11.7. The van der Waals surface area contributed by atoms with Crippen molar-refractivity contribution < 1.29 is 19.4 Å². The Hall–Kier alpha value is -2.05. The van der Waals surface area contributed by atoms with E-state index in [0.717, 1.165) is 18.7 Å². The summed E-state index contributed by atoms with van der Waals surface area (Å²) in [6, 6.07) is 4.48. The number of nitrogens with zero attached hydrogens (tertiary/aromatic N) is 1. The fourth-order valence-electron chi connectivity index (χ4n) is 3.05. The summed E-state index contributed by atoms with van der Waals surface area (Å²) in [6.07, 6.45) is 0.264. The van der Waals surface area contributed by atoms with E-state index in [4.69, 9.17) is 9.15 Å². The third-order valence-corrected chi connectivity index (χ3v) is 3.84. The first-order valence-corrected chi connectivity index (χ1v) is 7.29. The molecule has 0 saturated carbocycles. The summed E-state index contributed by atoms with van der Waals surface area (Å²) in [5, 5.41) is 20.1. The zero-order valence-corrected chi connectivity index (χ0v) is 12.6. The number of phenols is 2. The summed E-state index contributed by atoms with van der Waals surface area (Å²) in [5.74, 6) is -0.707. The lowest BCUT2D eigenvalue weighted by Crippen LogP contribution is -2.44. The SMILES string of the molecule is C[C@@H]1CN(Cc2cc(=O)oc3c(O)c(O)ccc23)C[C@H](C)O1. The number of hydrogen-bond donors (Lipinski definition) is 2. The van der Waals surface area contributed by atoms with E-state index in [1.165, 1.54) is 12.1 Å². The van der Waals surface area contributed by atoms with Gasteiger partial charge in [0.05, 0.1) is 12.2 Å². The molecule has 1 fully saturated rings. The first kappa shape index (κ1) is 14.9. The van der Waals surface area contributed by atoms with Gasteiger partial charge in [-0.3, -0.25) is 4.90 Å². The Labute approximate surface area is 127 Å². The molecule has 6 heteroatoms. The molecule has 1 aromatic heterocycles.